The third kappa shape index (κ3) is 5.89. The first-order valence-electron chi connectivity index (χ1n) is 9.75. The number of nitro benzene ring substituents is 2. The summed E-state index contributed by atoms with van der Waals surface area (Å²) < 4.78 is 31.5. The number of esters is 1. The van der Waals surface area contributed by atoms with Gasteiger partial charge in [-0.25, -0.2) is 8.42 Å². The lowest BCUT2D eigenvalue weighted by Crippen LogP contribution is -2.42. The summed E-state index contributed by atoms with van der Waals surface area (Å²) >= 11 is 5.70. The summed E-state index contributed by atoms with van der Waals surface area (Å²) in [6.45, 7) is -1.27. The molecule has 2 aromatic rings. The molecule has 2 atom stereocenters. The Hall–Kier alpha value is -3.66. The number of aliphatic hydroxyl groups excluding tert-OH is 1. The van der Waals surface area contributed by atoms with Crippen LogP contribution in [0.4, 0.5) is 17.1 Å². The lowest BCUT2D eigenvalue weighted by molar-refractivity contribution is -0.385. The van der Waals surface area contributed by atoms with Crippen molar-refractivity contribution >= 4 is 50.6 Å². The highest BCUT2D eigenvalue weighted by Crippen LogP contribution is 2.29. The highest BCUT2D eigenvalue weighted by molar-refractivity contribution is 7.89. The van der Waals surface area contributed by atoms with E-state index in [0.717, 1.165) is 30.3 Å². The summed E-state index contributed by atoms with van der Waals surface area (Å²) in [7, 11) is -4.34. The SMILES string of the molecule is O=C(COC(=O)[C@@H]1C[C@@H](O)CN1S(=O)(=O)c1ccc([N+](=O)[O-])cc1)Nc1ccc(Cl)c([N+](=O)[O-])c1. The average Bonchev–Trinajstić information content (AvgIpc) is 3.21. The van der Waals surface area contributed by atoms with E-state index in [1.807, 2.05) is 0 Å². The van der Waals surface area contributed by atoms with Gasteiger partial charge in [0.2, 0.25) is 10.0 Å². The zero-order valence-electron chi connectivity index (χ0n) is 17.6. The van der Waals surface area contributed by atoms with Crippen LogP contribution in [0.25, 0.3) is 0 Å². The molecule has 2 aromatic carbocycles. The maximum absolute atomic E-state index is 13.0. The van der Waals surface area contributed by atoms with Crippen LogP contribution in [0.2, 0.25) is 5.02 Å². The molecule has 3 rings (SSSR count). The fourth-order valence-electron chi connectivity index (χ4n) is 3.30. The number of nitrogens with one attached hydrogen (secondary N) is 1. The number of hydrogen-bond donors (Lipinski definition) is 2. The average molecular weight is 529 g/mol. The number of benzene rings is 2. The molecule has 0 unspecified atom stereocenters. The van der Waals surface area contributed by atoms with Crippen molar-refractivity contribution in [3.05, 3.63) is 67.7 Å². The first-order valence-corrected chi connectivity index (χ1v) is 11.6. The van der Waals surface area contributed by atoms with E-state index in [2.05, 4.69) is 5.32 Å². The number of non-ortho nitro benzene ring substituents is 1. The molecule has 0 aliphatic carbocycles. The molecule has 0 radical (unpaired) electrons. The van der Waals surface area contributed by atoms with Gasteiger partial charge in [0.1, 0.15) is 11.1 Å². The van der Waals surface area contributed by atoms with E-state index in [0.29, 0.717) is 4.31 Å². The van der Waals surface area contributed by atoms with Crippen molar-refractivity contribution in [1.29, 1.82) is 0 Å². The first-order chi connectivity index (χ1) is 16.4. The van der Waals surface area contributed by atoms with Crippen LogP contribution < -0.4 is 5.32 Å². The molecule has 0 spiro atoms. The predicted octanol–water partition coefficient (Wildman–Crippen LogP) is 1.46. The van der Waals surface area contributed by atoms with Crippen molar-refractivity contribution in [3.8, 4) is 0 Å². The van der Waals surface area contributed by atoms with Crippen LogP contribution in [-0.4, -0.2) is 64.9 Å². The predicted molar refractivity (Wildman–Crippen MR) is 119 cm³/mol. The largest absolute Gasteiger partial charge is 0.454 e. The molecule has 0 saturated carbocycles. The molecule has 0 aromatic heterocycles. The molecule has 14 nitrogen and oxygen atoms in total. The number of rotatable bonds is 8. The van der Waals surface area contributed by atoms with Gasteiger partial charge in [0, 0.05) is 36.9 Å². The van der Waals surface area contributed by atoms with Crippen molar-refractivity contribution < 1.29 is 37.7 Å². The van der Waals surface area contributed by atoms with Gasteiger partial charge in [-0.05, 0) is 24.3 Å². The smallest absolute Gasteiger partial charge is 0.325 e. The van der Waals surface area contributed by atoms with Crippen molar-refractivity contribution in [3.63, 3.8) is 0 Å². The molecule has 2 N–H and O–H groups in total. The topological polar surface area (TPSA) is 199 Å². The Kier molecular flexibility index (Phi) is 7.64. The van der Waals surface area contributed by atoms with Gasteiger partial charge in [-0.15, -0.1) is 0 Å². The maximum atomic E-state index is 13.0. The molecule has 1 heterocycles. The Morgan fingerprint density at radius 3 is 2.40 bits per heavy atom. The minimum absolute atomic E-state index is 0.0146. The Morgan fingerprint density at radius 1 is 1.14 bits per heavy atom. The Bertz CT molecular complexity index is 1290. The molecule has 0 bridgehead atoms. The molecular weight excluding hydrogens is 512 g/mol. The number of ether oxygens (including phenoxy) is 1. The summed E-state index contributed by atoms with van der Waals surface area (Å²) in [4.78, 5) is 44.6. The summed E-state index contributed by atoms with van der Waals surface area (Å²) in [5, 5.41) is 33.8. The molecule has 1 aliphatic heterocycles. The van der Waals surface area contributed by atoms with Gasteiger partial charge < -0.3 is 15.2 Å². The van der Waals surface area contributed by atoms with Gasteiger partial charge in [-0.1, -0.05) is 11.6 Å². The molecule has 1 fully saturated rings. The molecule has 1 aliphatic rings. The van der Waals surface area contributed by atoms with E-state index >= 15 is 0 Å². The minimum Gasteiger partial charge on any atom is -0.454 e. The van der Waals surface area contributed by atoms with Crippen molar-refractivity contribution in [1.82, 2.24) is 4.31 Å². The number of anilines is 1. The normalized spacial score (nSPS) is 18.1. The molecular formula is C19H17ClN4O10S. The second-order valence-electron chi connectivity index (χ2n) is 7.31. The highest BCUT2D eigenvalue weighted by Gasteiger charge is 2.44. The number of carbonyl (C=O) groups is 2. The number of carbonyl (C=O) groups excluding carboxylic acids is 2. The molecule has 1 saturated heterocycles. The van der Waals surface area contributed by atoms with E-state index in [9.17, 15) is 43.3 Å². The van der Waals surface area contributed by atoms with Crippen LogP contribution in [0.5, 0.6) is 0 Å². The Balaban J connectivity index is 1.68. The number of nitro groups is 2. The minimum atomic E-state index is -4.34. The van der Waals surface area contributed by atoms with Crippen LogP contribution in [0.15, 0.2) is 47.4 Å². The number of β-amino-alcohol motifs (C(OH)–C–C–N with tert-alkyl or cyclic N) is 1. The van der Waals surface area contributed by atoms with Crippen LogP contribution in [0.3, 0.4) is 0 Å². The second kappa shape index (κ2) is 10.3. The summed E-state index contributed by atoms with van der Waals surface area (Å²) in [5.41, 5.74) is -0.771. The molecule has 35 heavy (non-hydrogen) atoms. The van der Waals surface area contributed by atoms with E-state index < -0.39 is 62.7 Å². The Morgan fingerprint density at radius 2 is 1.80 bits per heavy atom. The summed E-state index contributed by atoms with van der Waals surface area (Å²) in [6, 6.07) is 6.01. The fraction of sp³-hybridized carbons (Fsp3) is 0.263. The molecule has 16 heteroatoms. The zero-order chi connectivity index (χ0) is 25.9. The lowest BCUT2D eigenvalue weighted by Gasteiger charge is -2.22. The van der Waals surface area contributed by atoms with Gasteiger partial charge >= 0.3 is 5.97 Å². The van der Waals surface area contributed by atoms with Crippen molar-refractivity contribution in [2.75, 3.05) is 18.5 Å². The van der Waals surface area contributed by atoms with Gasteiger partial charge in [0.25, 0.3) is 17.3 Å². The second-order valence-corrected chi connectivity index (χ2v) is 9.61. The van der Waals surface area contributed by atoms with Crippen LogP contribution in [0, 0.1) is 20.2 Å². The molecule has 186 valence electrons. The third-order valence-corrected chi connectivity index (χ3v) is 7.14. The van der Waals surface area contributed by atoms with Crippen molar-refractivity contribution in [2.24, 2.45) is 0 Å². The van der Waals surface area contributed by atoms with E-state index in [4.69, 9.17) is 16.3 Å². The van der Waals surface area contributed by atoms with Crippen LogP contribution >= 0.6 is 11.6 Å². The summed E-state index contributed by atoms with van der Waals surface area (Å²) in [5.74, 6) is -1.97. The summed E-state index contributed by atoms with van der Waals surface area (Å²) in [6.07, 6.45) is -1.49. The van der Waals surface area contributed by atoms with Gasteiger partial charge in [-0.2, -0.15) is 4.31 Å². The quantitative estimate of drug-likeness (QED) is 0.287. The zero-order valence-corrected chi connectivity index (χ0v) is 19.1. The number of aliphatic hydroxyl groups is 1. The maximum Gasteiger partial charge on any atom is 0.325 e. The van der Waals surface area contributed by atoms with E-state index in [1.54, 1.807) is 0 Å². The van der Waals surface area contributed by atoms with Gasteiger partial charge in [0.15, 0.2) is 6.61 Å². The highest BCUT2D eigenvalue weighted by atomic mass is 35.5. The number of sulfonamides is 1. The number of nitrogens with zero attached hydrogens (tertiary/aromatic N) is 3. The van der Waals surface area contributed by atoms with E-state index in [-0.39, 0.29) is 27.7 Å². The molecule has 1 amide bonds. The number of amides is 1. The van der Waals surface area contributed by atoms with Crippen molar-refractivity contribution in [2.45, 2.75) is 23.5 Å². The number of halogens is 1. The number of hydrogen-bond acceptors (Lipinski definition) is 10. The fourth-order valence-corrected chi connectivity index (χ4v) is 5.11. The van der Waals surface area contributed by atoms with Crippen LogP contribution in [0.1, 0.15) is 6.42 Å². The first kappa shape index (κ1) is 26.0. The van der Waals surface area contributed by atoms with Gasteiger partial charge in [-0.3, -0.25) is 29.8 Å². The Labute approximate surface area is 202 Å². The van der Waals surface area contributed by atoms with E-state index in [1.165, 1.54) is 12.1 Å². The lowest BCUT2D eigenvalue weighted by atomic mass is 10.2. The standard InChI is InChI=1S/C19H17ClN4O10S/c20-15-6-1-11(7-16(15)24(30)31)21-18(26)10-34-19(27)17-8-13(25)9-22(17)35(32,33)14-4-2-12(3-5-14)23(28)29/h1-7,13,17,25H,8-10H2,(H,21,26)/t13-,17+/m1/s1. The van der Waals surface area contributed by atoms with Crippen LogP contribution in [-0.2, 0) is 24.3 Å². The third-order valence-electron chi connectivity index (χ3n) is 4.93. The monoisotopic (exact) mass is 528 g/mol. The van der Waals surface area contributed by atoms with Gasteiger partial charge in [0.05, 0.1) is 20.8 Å².